The van der Waals surface area contributed by atoms with E-state index in [0.29, 0.717) is 17.3 Å². The van der Waals surface area contributed by atoms with Gasteiger partial charge >= 0.3 is 0 Å². The zero-order valence-corrected chi connectivity index (χ0v) is 15.0. The summed E-state index contributed by atoms with van der Waals surface area (Å²) in [5.74, 6) is 1.31. The molecule has 0 aliphatic carbocycles. The fourth-order valence-electron chi connectivity index (χ4n) is 4.29. The lowest BCUT2D eigenvalue weighted by Gasteiger charge is -2.44. The van der Waals surface area contributed by atoms with Gasteiger partial charge in [0.1, 0.15) is 0 Å². The lowest BCUT2D eigenvalue weighted by molar-refractivity contribution is -0.133. The van der Waals surface area contributed by atoms with Crippen LogP contribution < -0.4 is 0 Å². The van der Waals surface area contributed by atoms with E-state index < -0.39 is 0 Å². The van der Waals surface area contributed by atoms with E-state index in [-0.39, 0.29) is 5.41 Å². The van der Waals surface area contributed by atoms with Crippen LogP contribution in [0.25, 0.3) is 0 Å². The number of piperidine rings is 2. The van der Waals surface area contributed by atoms with Crippen LogP contribution in [0.2, 0.25) is 0 Å². The Morgan fingerprint density at radius 3 is 1.86 bits per heavy atom. The lowest BCUT2D eigenvalue weighted by Crippen LogP contribution is -2.41. The summed E-state index contributed by atoms with van der Waals surface area (Å²) in [6.45, 7) is 12.9. The second-order valence-electron chi connectivity index (χ2n) is 8.96. The largest absolute Gasteiger partial charge is 0.314 e. The van der Waals surface area contributed by atoms with Crippen molar-refractivity contribution in [2.75, 3.05) is 26.2 Å². The van der Waals surface area contributed by atoms with Crippen LogP contribution in [0, 0.1) is 22.7 Å². The molecule has 2 aliphatic heterocycles. The average Bonchev–Trinajstić information content (AvgIpc) is 2.46. The van der Waals surface area contributed by atoms with Gasteiger partial charge in [-0.25, -0.2) is 0 Å². The Balaban J connectivity index is 1.86. The van der Waals surface area contributed by atoms with E-state index >= 15 is 0 Å². The molecule has 2 rings (SSSR count). The third-order valence-electron chi connectivity index (χ3n) is 6.50. The number of nitrogens with zero attached hydrogens (tertiary/aromatic N) is 2. The zero-order chi connectivity index (χ0) is 16.4. The maximum absolute atomic E-state index is 9.80. The Kier molecular flexibility index (Phi) is 5.92. The molecule has 0 saturated carbocycles. The van der Waals surface area contributed by atoms with Crippen LogP contribution in [0.4, 0.5) is 0 Å². The molecule has 1 unspecified atom stereocenters. The fraction of sp³-hybridized carbons (Fsp3) is 1.00. The predicted octanol–water partition coefficient (Wildman–Crippen LogP) is 4.02. The predicted molar refractivity (Wildman–Crippen MR) is 89.0 cm³/mol. The van der Waals surface area contributed by atoms with Crippen molar-refractivity contribution in [1.82, 2.24) is 10.1 Å². The molecule has 0 aromatic heterocycles. The highest BCUT2D eigenvalue weighted by Gasteiger charge is 2.37. The van der Waals surface area contributed by atoms with Crippen molar-refractivity contribution in [3.63, 3.8) is 0 Å². The van der Waals surface area contributed by atoms with Gasteiger partial charge in [-0.3, -0.25) is 0 Å². The number of hydrogen-bond acceptors (Lipinski definition) is 4. The molecule has 2 fully saturated rings. The number of hydrogen-bond donors (Lipinski definition) is 2. The van der Waals surface area contributed by atoms with Gasteiger partial charge in [-0.2, -0.15) is 10.1 Å². The Labute approximate surface area is 136 Å². The summed E-state index contributed by atoms with van der Waals surface area (Å²) in [7, 11) is 0. The summed E-state index contributed by atoms with van der Waals surface area (Å²) in [6.07, 6.45) is 7.03. The standard InChI is InChI=1S/C18H36N2O2/c1-17(2,15-7-12-19(21)13-8-15)9-10-18(3,4)16-6-5-11-20(22)14-16/h15-16,21-22H,5-14H2,1-4H3. The van der Waals surface area contributed by atoms with Crippen molar-refractivity contribution in [3.05, 3.63) is 0 Å². The van der Waals surface area contributed by atoms with Crippen LogP contribution in [0.3, 0.4) is 0 Å². The molecular weight excluding hydrogens is 276 g/mol. The van der Waals surface area contributed by atoms with E-state index in [1.165, 1.54) is 29.4 Å². The molecule has 0 amide bonds. The molecule has 0 radical (unpaired) electrons. The maximum atomic E-state index is 9.80. The third-order valence-corrected chi connectivity index (χ3v) is 6.50. The van der Waals surface area contributed by atoms with Crippen molar-refractivity contribution in [3.8, 4) is 0 Å². The van der Waals surface area contributed by atoms with Crippen molar-refractivity contribution in [1.29, 1.82) is 0 Å². The van der Waals surface area contributed by atoms with Gasteiger partial charge in [0.05, 0.1) is 0 Å². The molecule has 2 saturated heterocycles. The minimum atomic E-state index is 0.288. The highest BCUT2D eigenvalue weighted by Crippen LogP contribution is 2.44. The van der Waals surface area contributed by atoms with Gasteiger partial charge in [-0.1, -0.05) is 27.7 Å². The van der Waals surface area contributed by atoms with Crippen LogP contribution in [0.15, 0.2) is 0 Å². The van der Waals surface area contributed by atoms with Gasteiger partial charge in [0.25, 0.3) is 0 Å². The summed E-state index contributed by atoms with van der Waals surface area (Å²) in [4.78, 5) is 0. The van der Waals surface area contributed by atoms with Crippen LogP contribution in [0.1, 0.15) is 66.2 Å². The summed E-state index contributed by atoms with van der Waals surface area (Å²) in [5.41, 5.74) is 0.627. The van der Waals surface area contributed by atoms with Crippen LogP contribution >= 0.6 is 0 Å². The van der Waals surface area contributed by atoms with Crippen molar-refractivity contribution in [2.24, 2.45) is 22.7 Å². The van der Waals surface area contributed by atoms with Gasteiger partial charge < -0.3 is 10.4 Å². The third kappa shape index (κ3) is 4.67. The topological polar surface area (TPSA) is 46.9 Å². The molecule has 2 heterocycles. The number of hydroxylamine groups is 4. The molecule has 0 spiro atoms. The van der Waals surface area contributed by atoms with Crippen LogP contribution in [-0.2, 0) is 0 Å². The van der Waals surface area contributed by atoms with E-state index in [1.807, 2.05) is 0 Å². The van der Waals surface area contributed by atoms with Gasteiger partial charge in [0, 0.05) is 26.2 Å². The highest BCUT2D eigenvalue weighted by molar-refractivity contribution is 4.87. The first-order chi connectivity index (χ1) is 10.2. The first kappa shape index (κ1) is 18.2. The van der Waals surface area contributed by atoms with Crippen LogP contribution in [0.5, 0.6) is 0 Å². The molecule has 22 heavy (non-hydrogen) atoms. The molecule has 4 nitrogen and oxygen atoms in total. The summed E-state index contributed by atoms with van der Waals surface area (Å²) < 4.78 is 0. The quantitative estimate of drug-likeness (QED) is 0.805. The first-order valence-electron chi connectivity index (χ1n) is 9.08. The fourth-order valence-corrected chi connectivity index (χ4v) is 4.29. The Morgan fingerprint density at radius 2 is 1.32 bits per heavy atom. The smallest absolute Gasteiger partial charge is 0.0271 e. The van der Waals surface area contributed by atoms with Crippen molar-refractivity contribution < 1.29 is 10.4 Å². The van der Waals surface area contributed by atoms with E-state index in [1.54, 1.807) is 0 Å². The summed E-state index contributed by atoms with van der Waals surface area (Å²) in [6, 6.07) is 0. The molecule has 2 N–H and O–H groups in total. The van der Waals surface area contributed by atoms with Crippen molar-refractivity contribution >= 4 is 0 Å². The Bertz CT molecular complexity index is 349. The second kappa shape index (κ2) is 7.16. The molecule has 4 heteroatoms. The molecular formula is C18H36N2O2. The Hall–Kier alpha value is -0.160. The first-order valence-corrected chi connectivity index (χ1v) is 9.08. The SMILES string of the molecule is CC(C)(CCC(C)(C)C1CCCN(O)C1)C1CCN(O)CC1. The molecule has 1 atom stereocenters. The molecule has 0 aromatic carbocycles. The number of rotatable bonds is 5. The maximum Gasteiger partial charge on any atom is 0.0271 e. The second-order valence-corrected chi connectivity index (χ2v) is 8.96. The van der Waals surface area contributed by atoms with E-state index in [4.69, 9.17) is 0 Å². The van der Waals surface area contributed by atoms with Gasteiger partial charge in [-0.15, -0.1) is 0 Å². The Morgan fingerprint density at radius 1 is 0.773 bits per heavy atom. The molecule has 130 valence electrons. The normalized spacial score (nSPS) is 27.3. The van der Waals surface area contributed by atoms with E-state index in [9.17, 15) is 10.4 Å². The van der Waals surface area contributed by atoms with Gasteiger partial charge in [-0.05, 0) is 61.2 Å². The molecule has 0 bridgehead atoms. The summed E-state index contributed by atoms with van der Waals surface area (Å²) in [5, 5.41) is 22.3. The van der Waals surface area contributed by atoms with Crippen LogP contribution in [-0.4, -0.2) is 46.7 Å². The monoisotopic (exact) mass is 312 g/mol. The lowest BCUT2D eigenvalue weighted by atomic mass is 9.65. The van der Waals surface area contributed by atoms with Gasteiger partial charge in [0.2, 0.25) is 0 Å². The molecule has 0 aromatic rings. The van der Waals surface area contributed by atoms with E-state index in [2.05, 4.69) is 27.7 Å². The van der Waals surface area contributed by atoms with Gasteiger partial charge in [0.15, 0.2) is 0 Å². The zero-order valence-electron chi connectivity index (χ0n) is 15.0. The summed E-state index contributed by atoms with van der Waals surface area (Å²) >= 11 is 0. The van der Waals surface area contributed by atoms with Crippen molar-refractivity contribution in [2.45, 2.75) is 66.2 Å². The molecule has 2 aliphatic rings. The minimum absolute atomic E-state index is 0.288. The highest BCUT2D eigenvalue weighted by atomic mass is 16.5. The average molecular weight is 312 g/mol. The minimum Gasteiger partial charge on any atom is -0.314 e. The van der Waals surface area contributed by atoms with E-state index in [0.717, 1.165) is 45.4 Å².